The smallest absolute Gasteiger partial charge is 0.276 e. The molecular formula is C17H13ClFN3O2. The number of methoxy groups -OCH3 is 1. The second kappa shape index (κ2) is 6.72. The highest BCUT2D eigenvalue weighted by Crippen LogP contribution is 2.27. The van der Waals surface area contributed by atoms with Crippen LogP contribution in [0.25, 0.3) is 5.69 Å². The standard InChI is InChI=1S/C17H13ClFN3O2/c1-24-16-7-4-12(10-14(16)18)20-17(23)15-8-9-22(21-15)13-5-2-11(19)3-6-13/h2-10H,1H3,(H,20,23). The number of ether oxygens (including phenoxy) is 1. The highest BCUT2D eigenvalue weighted by Gasteiger charge is 2.12. The number of carbonyl (C=O) groups excluding carboxylic acids is 1. The molecule has 2 aromatic carbocycles. The van der Waals surface area contributed by atoms with Gasteiger partial charge in [-0.25, -0.2) is 9.07 Å². The number of rotatable bonds is 4. The fraction of sp³-hybridized carbons (Fsp3) is 0.0588. The Morgan fingerprint density at radius 1 is 1.21 bits per heavy atom. The lowest BCUT2D eigenvalue weighted by molar-refractivity contribution is 0.102. The van der Waals surface area contributed by atoms with Gasteiger partial charge in [0.05, 0.1) is 17.8 Å². The summed E-state index contributed by atoms with van der Waals surface area (Å²) in [7, 11) is 1.52. The molecule has 1 amide bonds. The van der Waals surface area contributed by atoms with Crippen molar-refractivity contribution in [3.63, 3.8) is 0 Å². The highest BCUT2D eigenvalue weighted by molar-refractivity contribution is 6.32. The van der Waals surface area contributed by atoms with Crippen molar-refractivity contribution in [1.29, 1.82) is 0 Å². The number of hydrogen-bond donors (Lipinski definition) is 1. The van der Waals surface area contributed by atoms with Gasteiger partial charge < -0.3 is 10.1 Å². The van der Waals surface area contributed by atoms with Gasteiger partial charge in [-0.05, 0) is 48.5 Å². The monoisotopic (exact) mass is 345 g/mol. The number of benzene rings is 2. The van der Waals surface area contributed by atoms with Gasteiger partial charge in [0.2, 0.25) is 0 Å². The van der Waals surface area contributed by atoms with E-state index in [4.69, 9.17) is 16.3 Å². The molecule has 0 saturated heterocycles. The normalized spacial score (nSPS) is 10.5. The first kappa shape index (κ1) is 16.0. The molecule has 0 saturated carbocycles. The van der Waals surface area contributed by atoms with Crippen LogP contribution in [-0.2, 0) is 0 Å². The summed E-state index contributed by atoms with van der Waals surface area (Å²) in [5.41, 5.74) is 1.41. The molecule has 0 aliphatic heterocycles. The minimum Gasteiger partial charge on any atom is -0.495 e. The Labute approximate surface area is 142 Å². The first-order valence-electron chi connectivity index (χ1n) is 7.03. The van der Waals surface area contributed by atoms with Gasteiger partial charge in [0, 0.05) is 11.9 Å². The van der Waals surface area contributed by atoms with E-state index in [1.807, 2.05) is 0 Å². The van der Waals surface area contributed by atoms with Gasteiger partial charge in [0.25, 0.3) is 5.91 Å². The van der Waals surface area contributed by atoms with Crippen LogP contribution in [0.5, 0.6) is 5.75 Å². The number of nitrogens with zero attached hydrogens (tertiary/aromatic N) is 2. The zero-order chi connectivity index (χ0) is 17.1. The molecule has 1 aromatic heterocycles. The van der Waals surface area contributed by atoms with Crippen LogP contribution in [0.4, 0.5) is 10.1 Å². The van der Waals surface area contributed by atoms with Crippen LogP contribution in [0, 0.1) is 5.82 Å². The van der Waals surface area contributed by atoms with Gasteiger partial charge in [0.15, 0.2) is 5.69 Å². The quantitative estimate of drug-likeness (QED) is 0.779. The number of nitrogens with one attached hydrogen (secondary N) is 1. The van der Waals surface area contributed by atoms with E-state index >= 15 is 0 Å². The summed E-state index contributed by atoms with van der Waals surface area (Å²) in [4.78, 5) is 12.3. The van der Waals surface area contributed by atoms with E-state index in [9.17, 15) is 9.18 Å². The van der Waals surface area contributed by atoms with Crippen LogP contribution in [0.1, 0.15) is 10.5 Å². The van der Waals surface area contributed by atoms with E-state index in [0.717, 1.165) is 0 Å². The zero-order valence-electron chi connectivity index (χ0n) is 12.7. The zero-order valence-corrected chi connectivity index (χ0v) is 13.4. The van der Waals surface area contributed by atoms with Crippen molar-refractivity contribution in [2.75, 3.05) is 12.4 Å². The average Bonchev–Trinajstić information content (AvgIpc) is 3.06. The van der Waals surface area contributed by atoms with E-state index in [2.05, 4.69) is 10.4 Å². The Morgan fingerprint density at radius 3 is 2.62 bits per heavy atom. The molecule has 0 aliphatic carbocycles. The summed E-state index contributed by atoms with van der Waals surface area (Å²) >= 11 is 6.03. The van der Waals surface area contributed by atoms with E-state index in [0.29, 0.717) is 22.1 Å². The predicted octanol–water partition coefficient (Wildman–Crippen LogP) is 3.93. The maximum absolute atomic E-state index is 13.0. The summed E-state index contributed by atoms with van der Waals surface area (Å²) in [5.74, 6) is -0.187. The predicted molar refractivity (Wildman–Crippen MR) is 89.5 cm³/mol. The van der Waals surface area contributed by atoms with Crippen molar-refractivity contribution >= 4 is 23.2 Å². The summed E-state index contributed by atoms with van der Waals surface area (Å²) in [6, 6.07) is 12.3. The van der Waals surface area contributed by atoms with Crippen LogP contribution in [0.15, 0.2) is 54.7 Å². The molecule has 0 radical (unpaired) electrons. The fourth-order valence-corrected chi connectivity index (χ4v) is 2.38. The van der Waals surface area contributed by atoms with E-state index in [-0.39, 0.29) is 17.4 Å². The molecule has 1 N–H and O–H groups in total. The molecule has 0 bridgehead atoms. The average molecular weight is 346 g/mol. The molecule has 0 atom stereocenters. The van der Waals surface area contributed by atoms with E-state index in [1.165, 1.54) is 23.9 Å². The second-order valence-corrected chi connectivity index (χ2v) is 5.33. The summed E-state index contributed by atoms with van der Waals surface area (Å²) < 4.78 is 19.5. The van der Waals surface area contributed by atoms with Crippen LogP contribution in [0.2, 0.25) is 5.02 Å². The number of aromatic nitrogens is 2. The van der Waals surface area contributed by atoms with Crippen molar-refractivity contribution in [3.8, 4) is 11.4 Å². The lowest BCUT2D eigenvalue weighted by Gasteiger charge is -2.07. The van der Waals surface area contributed by atoms with Crippen LogP contribution in [0.3, 0.4) is 0 Å². The van der Waals surface area contributed by atoms with Crippen molar-refractivity contribution in [2.45, 2.75) is 0 Å². The molecule has 0 unspecified atom stereocenters. The number of halogens is 2. The first-order valence-corrected chi connectivity index (χ1v) is 7.41. The number of hydrogen-bond acceptors (Lipinski definition) is 3. The lowest BCUT2D eigenvalue weighted by Crippen LogP contribution is -2.13. The molecule has 0 fully saturated rings. The van der Waals surface area contributed by atoms with Gasteiger partial charge in [0.1, 0.15) is 11.6 Å². The summed E-state index contributed by atoms with van der Waals surface area (Å²) in [6.07, 6.45) is 1.63. The Kier molecular flexibility index (Phi) is 4.48. The van der Waals surface area contributed by atoms with Gasteiger partial charge in [-0.15, -0.1) is 0 Å². The lowest BCUT2D eigenvalue weighted by atomic mass is 10.3. The fourth-order valence-electron chi connectivity index (χ4n) is 2.12. The van der Waals surface area contributed by atoms with Gasteiger partial charge in [-0.3, -0.25) is 4.79 Å². The maximum Gasteiger partial charge on any atom is 0.276 e. The summed E-state index contributed by atoms with van der Waals surface area (Å²) in [6.45, 7) is 0. The minimum atomic E-state index is -0.378. The molecule has 3 aromatic rings. The van der Waals surface area contributed by atoms with Crippen molar-refractivity contribution < 1.29 is 13.9 Å². The summed E-state index contributed by atoms with van der Waals surface area (Å²) in [5, 5.41) is 7.29. The minimum absolute atomic E-state index is 0.228. The third-order valence-electron chi connectivity index (χ3n) is 3.32. The molecule has 0 spiro atoms. The Hall–Kier alpha value is -2.86. The van der Waals surface area contributed by atoms with Crippen molar-refractivity contribution in [3.05, 3.63) is 71.3 Å². The number of carbonyl (C=O) groups is 1. The topological polar surface area (TPSA) is 56.1 Å². The highest BCUT2D eigenvalue weighted by atomic mass is 35.5. The SMILES string of the molecule is COc1ccc(NC(=O)c2ccn(-c3ccc(F)cc3)n2)cc1Cl. The van der Waals surface area contributed by atoms with Gasteiger partial charge in [-0.1, -0.05) is 11.6 Å². The maximum atomic E-state index is 13.0. The van der Waals surface area contributed by atoms with Gasteiger partial charge in [-0.2, -0.15) is 5.10 Å². The van der Waals surface area contributed by atoms with Crippen LogP contribution < -0.4 is 10.1 Å². The molecule has 3 rings (SSSR count). The van der Waals surface area contributed by atoms with Gasteiger partial charge >= 0.3 is 0 Å². The third kappa shape index (κ3) is 3.38. The Bertz CT molecular complexity index is 878. The molecule has 7 heteroatoms. The molecular weight excluding hydrogens is 333 g/mol. The molecule has 122 valence electrons. The number of amides is 1. The Morgan fingerprint density at radius 2 is 1.96 bits per heavy atom. The van der Waals surface area contributed by atoms with Crippen molar-refractivity contribution in [1.82, 2.24) is 9.78 Å². The third-order valence-corrected chi connectivity index (χ3v) is 3.62. The van der Waals surface area contributed by atoms with Crippen LogP contribution >= 0.6 is 11.6 Å². The first-order chi connectivity index (χ1) is 11.6. The largest absolute Gasteiger partial charge is 0.495 e. The molecule has 5 nitrogen and oxygen atoms in total. The molecule has 1 heterocycles. The van der Waals surface area contributed by atoms with Crippen molar-refractivity contribution in [2.24, 2.45) is 0 Å². The van der Waals surface area contributed by atoms with Crippen LogP contribution in [-0.4, -0.2) is 22.8 Å². The van der Waals surface area contributed by atoms with E-state index in [1.54, 1.807) is 42.6 Å². The molecule has 24 heavy (non-hydrogen) atoms. The second-order valence-electron chi connectivity index (χ2n) is 4.93. The molecule has 0 aliphatic rings. The number of anilines is 1. The Balaban J connectivity index is 1.76. The van der Waals surface area contributed by atoms with E-state index < -0.39 is 0 Å².